The Labute approximate surface area is 145 Å². The Balaban J connectivity index is 2.23. The highest BCUT2D eigenvalue weighted by Crippen LogP contribution is 2.34. The molecule has 0 spiro atoms. The molecule has 130 valence electrons. The van der Waals surface area contributed by atoms with Gasteiger partial charge in [0.2, 0.25) is 0 Å². The number of benzene rings is 2. The van der Waals surface area contributed by atoms with Gasteiger partial charge in [-0.05, 0) is 39.8 Å². The Morgan fingerprint density at radius 1 is 1.00 bits per heavy atom. The van der Waals surface area contributed by atoms with Crippen LogP contribution in [0.25, 0.3) is 16.9 Å². The summed E-state index contributed by atoms with van der Waals surface area (Å²) in [5.41, 5.74) is 2.81. The molecule has 0 aliphatic heterocycles. The lowest BCUT2D eigenvalue weighted by atomic mass is 10.1. The van der Waals surface area contributed by atoms with E-state index >= 15 is 0 Å². The molecule has 0 aliphatic carbocycles. The van der Waals surface area contributed by atoms with Crippen molar-refractivity contribution in [2.24, 2.45) is 0 Å². The Bertz CT molecular complexity index is 891. The topological polar surface area (TPSA) is 27.1 Å². The van der Waals surface area contributed by atoms with Crippen molar-refractivity contribution in [1.82, 2.24) is 9.55 Å². The molecule has 1 aromatic heterocycles. The van der Waals surface area contributed by atoms with Crippen LogP contribution >= 0.6 is 0 Å². The van der Waals surface area contributed by atoms with E-state index < -0.39 is 11.6 Å². The predicted octanol–water partition coefficient (Wildman–Crippen LogP) is 5.14. The number of hydrogen-bond donors (Lipinski definition) is 0. The van der Waals surface area contributed by atoms with Crippen molar-refractivity contribution < 1.29 is 13.5 Å². The van der Waals surface area contributed by atoms with Crippen LogP contribution in [-0.2, 0) is 0 Å². The molecule has 0 bridgehead atoms. The van der Waals surface area contributed by atoms with Crippen LogP contribution in [0, 0.1) is 32.4 Å². The molecule has 25 heavy (non-hydrogen) atoms. The van der Waals surface area contributed by atoms with Crippen molar-refractivity contribution in [1.29, 1.82) is 0 Å². The first-order valence-electron chi connectivity index (χ1n) is 8.17. The number of nitrogens with zero attached hydrogens (tertiary/aromatic N) is 2. The lowest BCUT2D eigenvalue weighted by Gasteiger charge is -2.14. The van der Waals surface area contributed by atoms with Gasteiger partial charge in [0.25, 0.3) is 0 Å². The van der Waals surface area contributed by atoms with Gasteiger partial charge in [-0.3, -0.25) is 4.57 Å². The predicted molar refractivity (Wildman–Crippen MR) is 94.3 cm³/mol. The first-order valence-corrected chi connectivity index (χ1v) is 8.17. The van der Waals surface area contributed by atoms with Crippen molar-refractivity contribution in [3.8, 4) is 22.7 Å². The van der Waals surface area contributed by atoms with Gasteiger partial charge >= 0.3 is 0 Å². The van der Waals surface area contributed by atoms with Crippen LogP contribution in [0.1, 0.15) is 24.0 Å². The van der Waals surface area contributed by atoms with E-state index in [0.29, 0.717) is 23.8 Å². The van der Waals surface area contributed by atoms with Crippen LogP contribution in [0.5, 0.6) is 5.75 Å². The van der Waals surface area contributed by atoms with Gasteiger partial charge < -0.3 is 4.74 Å². The van der Waals surface area contributed by atoms with Gasteiger partial charge in [-0.1, -0.05) is 17.7 Å². The second-order valence-corrected chi connectivity index (χ2v) is 5.96. The molecule has 0 saturated carbocycles. The largest absolute Gasteiger partial charge is 0.494 e. The molecular weight excluding hydrogens is 322 g/mol. The fraction of sp³-hybridized carbons (Fsp3) is 0.250. The molecule has 3 aromatic rings. The Hall–Kier alpha value is -2.69. The van der Waals surface area contributed by atoms with Crippen molar-refractivity contribution >= 4 is 0 Å². The van der Waals surface area contributed by atoms with E-state index in [1.807, 2.05) is 38.1 Å². The van der Waals surface area contributed by atoms with Gasteiger partial charge in [-0.15, -0.1) is 0 Å². The van der Waals surface area contributed by atoms with E-state index in [9.17, 15) is 8.78 Å². The van der Waals surface area contributed by atoms with Gasteiger partial charge in [0, 0.05) is 17.8 Å². The van der Waals surface area contributed by atoms with Gasteiger partial charge in [-0.25, -0.2) is 13.8 Å². The molecule has 1 heterocycles. The van der Waals surface area contributed by atoms with E-state index in [1.54, 1.807) is 18.4 Å². The normalized spacial score (nSPS) is 11.0. The highest BCUT2D eigenvalue weighted by Gasteiger charge is 2.22. The summed E-state index contributed by atoms with van der Waals surface area (Å²) in [6, 6.07) is 10.2. The molecular formula is C20H20F2N2O. The molecule has 3 rings (SSSR count). The van der Waals surface area contributed by atoms with E-state index in [4.69, 9.17) is 4.74 Å². The summed E-state index contributed by atoms with van der Waals surface area (Å²) in [5.74, 6) is -0.485. The minimum absolute atomic E-state index is 0.0953. The summed E-state index contributed by atoms with van der Waals surface area (Å²) < 4.78 is 36.4. The van der Waals surface area contributed by atoms with Crippen molar-refractivity contribution in [2.45, 2.75) is 27.7 Å². The first-order chi connectivity index (χ1) is 11.9. The van der Waals surface area contributed by atoms with Gasteiger partial charge in [0.1, 0.15) is 23.2 Å². The first kappa shape index (κ1) is 17.1. The maximum absolute atomic E-state index is 14.7. The monoisotopic (exact) mass is 342 g/mol. The number of halogens is 2. The van der Waals surface area contributed by atoms with Gasteiger partial charge in [0.05, 0.1) is 23.6 Å². The lowest BCUT2D eigenvalue weighted by Crippen LogP contribution is -2.03. The zero-order chi connectivity index (χ0) is 18.1. The van der Waals surface area contributed by atoms with Gasteiger partial charge in [0.15, 0.2) is 0 Å². The maximum atomic E-state index is 14.7. The number of imidazole rings is 1. The van der Waals surface area contributed by atoms with E-state index in [1.165, 1.54) is 12.1 Å². The zero-order valence-electron chi connectivity index (χ0n) is 14.7. The Morgan fingerprint density at radius 3 is 2.16 bits per heavy atom. The molecule has 0 atom stereocenters. The minimum Gasteiger partial charge on any atom is -0.494 e. The molecule has 3 nitrogen and oxygen atoms in total. The summed E-state index contributed by atoms with van der Waals surface area (Å²) in [6.07, 6.45) is 0. The van der Waals surface area contributed by atoms with Crippen LogP contribution in [0.15, 0.2) is 36.4 Å². The molecule has 0 saturated heterocycles. The third kappa shape index (κ3) is 3.14. The van der Waals surface area contributed by atoms with E-state index in [0.717, 1.165) is 11.3 Å². The standard InChI is InChI=1S/C20H20F2N2O/c1-5-25-16-10-17(21)19(18(22)11-16)20-13(3)23-14(4)24(20)15-8-6-12(2)7-9-15/h6-11H,5H2,1-4H3. The van der Waals surface area contributed by atoms with Gasteiger partial charge in [-0.2, -0.15) is 0 Å². The fourth-order valence-corrected chi connectivity index (χ4v) is 3.00. The smallest absolute Gasteiger partial charge is 0.139 e. The molecule has 5 heteroatoms. The van der Waals surface area contributed by atoms with E-state index in [-0.39, 0.29) is 11.3 Å². The zero-order valence-corrected chi connectivity index (χ0v) is 14.7. The van der Waals surface area contributed by atoms with E-state index in [2.05, 4.69) is 4.98 Å². The van der Waals surface area contributed by atoms with Crippen LogP contribution in [-0.4, -0.2) is 16.2 Å². The molecule has 0 unspecified atom stereocenters. The minimum atomic E-state index is -0.667. The fourth-order valence-electron chi connectivity index (χ4n) is 3.00. The SMILES string of the molecule is CCOc1cc(F)c(-c2c(C)nc(C)n2-c2ccc(C)cc2)c(F)c1. The summed E-state index contributed by atoms with van der Waals surface area (Å²) in [7, 11) is 0. The van der Waals surface area contributed by atoms with Crippen molar-refractivity contribution in [3.05, 3.63) is 65.1 Å². The molecule has 0 amide bonds. The quantitative estimate of drug-likeness (QED) is 0.656. The molecule has 2 aromatic carbocycles. The molecule has 0 radical (unpaired) electrons. The number of ether oxygens (including phenoxy) is 1. The number of hydrogen-bond acceptors (Lipinski definition) is 2. The highest BCUT2D eigenvalue weighted by atomic mass is 19.1. The number of rotatable bonds is 4. The van der Waals surface area contributed by atoms with Crippen molar-refractivity contribution in [3.63, 3.8) is 0 Å². The summed E-state index contributed by atoms with van der Waals surface area (Å²) in [6.45, 7) is 7.67. The molecule has 0 N–H and O–H groups in total. The van der Waals surface area contributed by atoms with Crippen LogP contribution in [0.3, 0.4) is 0 Å². The summed E-state index contributed by atoms with van der Waals surface area (Å²) in [5, 5.41) is 0. The Morgan fingerprint density at radius 2 is 1.60 bits per heavy atom. The maximum Gasteiger partial charge on any atom is 0.139 e. The number of aromatic nitrogens is 2. The molecule has 0 aliphatic rings. The lowest BCUT2D eigenvalue weighted by molar-refractivity contribution is 0.336. The molecule has 0 fully saturated rings. The van der Waals surface area contributed by atoms with Crippen LogP contribution in [0.2, 0.25) is 0 Å². The average molecular weight is 342 g/mol. The Kier molecular flexibility index (Phi) is 4.57. The second-order valence-electron chi connectivity index (χ2n) is 5.96. The average Bonchev–Trinajstić information content (AvgIpc) is 2.82. The van der Waals surface area contributed by atoms with Crippen molar-refractivity contribution in [2.75, 3.05) is 6.61 Å². The number of aryl methyl sites for hydroxylation is 3. The van der Waals surface area contributed by atoms with Crippen LogP contribution in [0.4, 0.5) is 8.78 Å². The third-order valence-corrected chi connectivity index (χ3v) is 4.08. The highest BCUT2D eigenvalue weighted by molar-refractivity contribution is 5.68. The third-order valence-electron chi connectivity index (χ3n) is 4.08. The summed E-state index contributed by atoms with van der Waals surface area (Å²) in [4.78, 5) is 4.43. The summed E-state index contributed by atoms with van der Waals surface area (Å²) >= 11 is 0. The van der Waals surface area contributed by atoms with Crippen LogP contribution < -0.4 is 4.74 Å². The second kappa shape index (κ2) is 6.67.